The molecule has 0 bridgehead atoms. The molecular weight excluding hydrogens is 246 g/mol. The number of hydrogen-bond donors (Lipinski definition) is 1. The molecule has 19 heavy (non-hydrogen) atoms. The fourth-order valence-corrected chi connectivity index (χ4v) is 2.76. The molecule has 5 heteroatoms. The number of benzene rings is 1. The van der Waals surface area contributed by atoms with Crippen LogP contribution in [0.15, 0.2) is 24.3 Å². The van der Waals surface area contributed by atoms with Gasteiger partial charge in [-0.25, -0.2) is 4.79 Å². The lowest BCUT2D eigenvalue weighted by atomic mass is 9.82. The maximum Gasteiger partial charge on any atom is 0.334 e. The number of carbonyl (C=O) groups is 2. The van der Waals surface area contributed by atoms with E-state index in [0.717, 1.165) is 0 Å². The first-order valence-electron chi connectivity index (χ1n) is 6.28. The highest BCUT2D eigenvalue weighted by atomic mass is 16.5. The van der Waals surface area contributed by atoms with Crippen LogP contribution in [0.25, 0.3) is 0 Å². The smallest absolute Gasteiger partial charge is 0.334 e. The zero-order valence-corrected chi connectivity index (χ0v) is 11.0. The summed E-state index contributed by atoms with van der Waals surface area (Å²) in [6.07, 6.45) is 0.257. The maximum atomic E-state index is 11.9. The van der Waals surface area contributed by atoms with Crippen molar-refractivity contribution >= 4 is 11.9 Å². The van der Waals surface area contributed by atoms with Crippen LogP contribution in [-0.4, -0.2) is 35.0 Å². The number of carboxylic acid groups (broad SMARTS) is 1. The van der Waals surface area contributed by atoms with Crippen LogP contribution in [0.1, 0.15) is 25.8 Å². The van der Waals surface area contributed by atoms with Gasteiger partial charge in [0.1, 0.15) is 5.75 Å². The van der Waals surface area contributed by atoms with Crippen molar-refractivity contribution < 1.29 is 19.4 Å². The summed E-state index contributed by atoms with van der Waals surface area (Å²) < 4.78 is 5.50. The van der Waals surface area contributed by atoms with E-state index in [1.165, 1.54) is 11.8 Å². The average molecular weight is 263 g/mol. The number of nitrogens with zero attached hydrogens (tertiary/aromatic N) is 1. The van der Waals surface area contributed by atoms with Crippen LogP contribution < -0.4 is 4.74 Å². The second kappa shape index (κ2) is 4.91. The minimum Gasteiger partial charge on any atom is -0.493 e. The number of amides is 1. The number of aliphatic carboxylic acids is 1. The van der Waals surface area contributed by atoms with Crippen molar-refractivity contribution in [1.82, 2.24) is 4.90 Å². The molecule has 1 aliphatic heterocycles. The van der Waals surface area contributed by atoms with Gasteiger partial charge in [-0.1, -0.05) is 18.2 Å². The molecular formula is C14H17NO4. The molecule has 102 valence electrons. The topological polar surface area (TPSA) is 66.8 Å². The van der Waals surface area contributed by atoms with E-state index < -0.39 is 11.5 Å². The Bertz CT molecular complexity index is 514. The molecule has 0 radical (unpaired) electrons. The third-order valence-corrected chi connectivity index (χ3v) is 3.56. The number of hydrogen-bond acceptors (Lipinski definition) is 3. The number of para-hydroxylation sites is 1. The summed E-state index contributed by atoms with van der Waals surface area (Å²) in [5.41, 5.74) is -0.777. The van der Waals surface area contributed by atoms with Crippen LogP contribution in [0.5, 0.6) is 5.75 Å². The molecule has 1 aliphatic rings. The lowest BCUT2D eigenvalue weighted by Crippen LogP contribution is -2.56. The molecule has 1 heterocycles. The molecule has 0 fully saturated rings. The minimum atomic E-state index is -1.32. The third-order valence-electron chi connectivity index (χ3n) is 3.56. The Balaban J connectivity index is 2.65. The van der Waals surface area contributed by atoms with Gasteiger partial charge >= 0.3 is 5.97 Å². The molecule has 1 N–H and O–H groups in total. The van der Waals surface area contributed by atoms with Gasteiger partial charge in [0, 0.05) is 25.5 Å². The lowest BCUT2D eigenvalue weighted by Gasteiger charge is -2.43. The predicted octanol–water partition coefficient (Wildman–Crippen LogP) is 1.62. The monoisotopic (exact) mass is 263 g/mol. The molecule has 0 saturated heterocycles. The average Bonchev–Trinajstić information content (AvgIpc) is 2.39. The highest BCUT2D eigenvalue weighted by Gasteiger charge is 2.50. The van der Waals surface area contributed by atoms with Crippen LogP contribution >= 0.6 is 0 Å². The Morgan fingerprint density at radius 1 is 1.42 bits per heavy atom. The fraction of sp³-hybridized carbons (Fsp3) is 0.429. The van der Waals surface area contributed by atoms with E-state index in [9.17, 15) is 14.7 Å². The quantitative estimate of drug-likeness (QED) is 0.899. The molecule has 2 rings (SSSR count). The Kier molecular flexibility index (Phi) is 3.46. The molecule has 0 aliphatic carbocycles. The minimum absolute atomic E-state index is 0.249. The molecule has 1 aromatic rings. The molecule has 1 atom stereocenters. The molecule has 1 unspecified atom stereocenters. The van der Waals surface area contributed by atoms with Crippen molar-refractivity contribution in [2.45, 2.75) is 25.8 Å². The van der Waals surface area contributed by atoms with Gasteiger partial charge in [-0.15, -0.1) is 0 Å². The number of likely N-dealkylation sites (N-methyl/N-ethyl adjacent to an activating group) is 1. The summed E-state index contributed by atoms with van der Waals surface area (Å²) in [4.78, 5) is 25.1. The van der Waals surface area contributed by atoms with E-state index in [1.807, 2.05) is 0 Å². The van der Waals surface area contributed by atoms with Gasteiger partial charge in [-0.2, -0.15) is 0 Å². The molecule has 0 spiro atoms. The van der Waals surface area contributed by atoms with Gasteiger partial charge in [0.2, 0.25) is 5.91 Å². The number of carboxylic acids is 1. The van der Waals surface area contributed by atoms with E-state index >= 15 is 0 Å². The highest BCUT2D eigenvalue weighted by molar-refractivity contribution is 5.88. The van der Waals surface area contributed by atoms with Gasteiger partial charge in [-0.3, -0.25) is 4.79 Å². The van der Waals surface area contributed by atoms with Crippen molar-refractivity contribution in [1.29, 1.82) is 0 Å². The van der Waals surface area contributed by atoms with Gasteiger partial charge < -0.3 is 14.7 Å². The second-order valence-electron chi connectivity index (χ2n) is 4.52. The summed E-state index contributed by atoms with van der Waals surface area (Å²) in [6, 6.07) is 7.01. The first kappa shape index (κ1) is 13.4. The van der Waals surface area contributed by atoms with Crippen LogP contribution in [0.4, 0.5) is 0 Å². The van der Waals surface area contributed by atoms with Crippen LogP contribution in [0, 0.1) is 0 Å². The standard InChI is InChI=1S/C14H17NO4/c1-3-15(10(2)16)14(13(17)18)8-9-19-12-7-5-4-6-11(12)14/h4-7H,3,8-9H2,1-2H3,(H,17,18). The number of fused-ring (bicyclic) bond motifs is 1. The highest BCUT2D eigenvalue weighted by Crippen LogP contribution is 2.41. The van der Waals surface area contributed by atoms with Crippen molar-refractivity contribution in [2.75, 3.05) is 13.2 Å². The Morgan fingerprint density at radius 2 is 2.11 bits per heavy atom. The van der Waals surface area contributed by atoms with Gasteiger partial charge in [0.15, 0.2) is 5.54 Å². The van der Waals surface area contributed by atoms with E-state index in [4.69, 9.17) is 4.74 Å². The zero-order chi connectivity index (χ0) is 14.0. The Hall–Kier alpha value is -2.04. The lowest BCUT2D eigenvalue weighted by molar-refractivity contribution is -0.161. The second-order valence-corrected chi connectivity index (χ2v) is 4.52. The molecule has 0 saturated carbocycles. The van der Waals surface area contributed by atoms with Crippen molar-refractivity contribution in [2.24, 2.45) is 0 Å². The van der Waals surface area contributed by atoms with Crippen molar-refractivity contribution in [3.8, 4) is 5.75 Å². The van der Waals surface area contributed by atoms with Crippen molar-refractivity contribution in [3.05, 3.63) is 29.8 Å². The number of carbonyl (C=O) groups excluding carboxylic acids is 1. The summed E-state index contributed by atoms with van der Waals surface area (Å²) >= 11 is 0. The molecule has 1 aromatic carbocycles. The first-order valence-corrected chi connectivity index (χ1v) is 6.28. The molecule has 5 nitrogen and oxygen atoms in total. The fourth-order valence-electron chi connectivity index (χ4n) is 2.76. The Morgan fingerprint density at radius 3 is 2.68 bits per heavy atom. The Labute approximate surface area is 111 Å². The van der Waals surface area contributed by atoms with Crippen molar-refractivity contribution in [3.63, 3.8) is 0 Å². The van der Waals surface area contributed by atoms with Gasteiger partial charge in [0.05, 0.1) is 6.61 Å². The number of rotatable bonds is 3. The van der Waals surface area contributed by atoms with E-state index in [1.54, 1.807) is 31.2 Å². The summed E-state index contributed by atoms with van der Waals surface area (Å²) in [5, 5.41) is 9.74. The number of ether oxygens (including phenoxy) is 1. The van der Waals surface area contributed by atoms with E-state index in [-0.39, 0.29) is 18.9 Å². The normalized spacial score (nSPS) is 21.2. The SMILES string of the molecule is CCN(C(C)=O)C1(C(=O)O)CCOc2ccccc21. The first-order chi connectivity index (χ1) is 9.04. The third kappa shape index (κ3) is 1.95. The summed E-state index contributed by atoms with van der Waals surface area (Å²) in [6.45, 7) is 3.81. The zero-order valence-electron chi connectivity index (χ0n) is 11.0. The van der Waals surface area contributed by atoms with Gasteiger partial charge in [-0.05, 0) is 13.0 Å². The van der Waals surface area contributed by atoms with E-state index in [0.29, 0.717) is 17.9 Å². The largest absolute Gasteiger partial charge is 0.493 e. The van der Waals surface area contributed by atoms with Crippen LogP contribution in [-0.2, 0) is 15.1 Å². The summed E-state index contributed by atoms with van der Waals surface area (Å²) in [7, 11) is 0. The van der Waals surface area contributed by atoms with Crippen LogP contribution in [0.3, 0.4) is 0 Å². The van der Waals surface area contributed by atoms with E-state index in [2.05, 4.69) is 0 Å². The molecule has 0 aromatic heterocycles. The predicted molar refractivity (Wildman–Crippen MR) is 68.9 cm³/mol. The maximum absolute atomic E-state index is 11.9. The van der Waals surface area contributed by atoms with Crippen LogP contribution in [0.2, 0.25) is 0 Å². The van der Waals surface area contributed by atoms with Gasteiger partial charge in [0.25, 0.3) is 0 Å². The molecule has 1 amide bonds. The summed E-state index contributed by atoms with van der Waals surface area (Å²) in [5.74, 6) is -0.724.